The molecule has 2 aromatic rings. The molecule has 1 aliphatic carbocycles. The summed E-state index contributed by atoms with van der Waals surface area (Å²) < 4.78 is 6.13. The fourth-order valence-corrected chi connectivity index (χ4v) is 3.31. The van der Waals surface area contributed by atoms with E-state index >= 15 is 0 Å². The predicted molar refractivity (Wildman–Crippen MR) is 76.4 cm³/mol. The molecule has 1 nitrogen and oxygen atoms in total. The zero-order valence-corrected chi connectivity index (χ0v) is 11.6. The van der Waals surface area contributed by atoms with Gasteiger partial charge in [0, 0.05) is 16.3 Å². The van der Waals surface area contributed by atoms with Crippen LogP contribution in [0.2, 0.25) is 5.02 Å². The van der Waals surface area contributed by atoms with Crippen LogP contribution in [0.5, 0.6) is 0 Å². The number of aryl methyl sites for hydroxylation is 1. The molecule has 1 heterocycles. The van der Waals surface area contributed by atoms with Gasteiger partial charge in [-0.25, -0.2) is 0 Å². The first-order chi connectivity index (χ1) is 8.78. The Hall–Kier alpha value is -0.950. The van der Waals surface area contributed by atoms with Crippen LogP contribution in [-0.2, 0) is 6.42 Å². The summed E-state index contributed by atoms with van der Waals surface area (Å²) in [5, 5.41) is 1.98. The Morgan fingerprint density at radius 2 is 1.94 bits per heavy atom. The Balaban J connectivity index is 2.04. The molecule has 0 N–H and O–H groups in total. The van der Waals surface area contributed by atoms with Crippen LogP contribution in [0.3, 0.4) is 0 Å². The second kappa shape index (κ2) is 4.97. The number of benzene rings is 1. The molecule has 0 aliphatic heterocycles. The van der Waals surface area contributed by atoms with Gasteiger partial charge in [0.2, 0.25) is 0 Å². The summed E-state index contributed by atoms with van der Waals surface area (Å²) in [6.45, 7) is 2.15. The van der Waals surface area contributed by atoms with Crippen molar-refractivity contribution in [1.29, 1.82) is 0 Å². The third kappa shape index (κ3) is 2.16. The van der Waals surface area contributed by atoms with Gasteiger partial charge in [-0.3, -0.25) is 0 Å². The van der Waals surface area contributed by atoms with Crippen molar-refractivity contribution in [1.82, 2.24) is 0 Å². The van der Waals surface area contributed by atoms with E-state index in [-0.39, 0.29) is 0 Å². The van der Waals surface area contributed by atoms with Gasteiger partial charge in [0.15, 0.2) is 0 Å². The molecule has 0 unspecified atom stereocenters. The Labute approximate surface area is 113 Å². The summed E-state index contributed by atoms with van der Waals surface area (Å²) in [4.78, 5) is 0. The second-order valence-electron chi connectivity index (χ2n) is 5.32. The van der Waals surface area contributed by atoms with E-state index in [9.17, 15) is 0 Å². The van der Waals surface area contributed by atoms with Crippen LogP contribution in [0.15, 0.2) is 22.6 Å². The smallest absolute Gasteiger partial charge is 0.137 e. The van der Waals surface area contributed by atoms with Crippen molar-refractivity contribution in [3.05, 3.63) is 34.5 Å². The molecule has 18 heavy (non-hydrogen) atoms. The predicted octanol–water partition coefficient (Wildman–Crippen LogP) is 5.70. The standard InChI is InChI=1S/C16H19ClO/c1-2-11-8-14(17)9-13-10-15(18-16(11)13)12-6-4-3-5-7-12/h8-10,12H,2-7H2,1H3. The average molecular weight is 263 g/mol. The lowest BCUT2D eigenvalue weighted by molar-refractivity contribution is 0.384. The molecular weight excluding hydrogens is 244 g/mol. The monoisotopic (exact) mass is 262 g/mol. The molecule has 0 atom stereocenters. The second-order valence-corrected chi connectivity index (χ2v) is 5.76. The van der Waals surface area contributed by atoms with Gasteiger partial charge < -0.3 is 4.42 Å². The Morgan fingerprint density at radius 3 is 2.67 bits per heavy atom. The van der Waals surface area contributed by atoms with Crippen LogP contribution >= 0.6 is 11.6 Å². The van der Waals surface area contributed by atoms with Crippen molar-refractivity contribution in [3.8, 4) is 0 Å². The van der Waals surface area contributed by atoms with E-state index in [1.54, 1.807) is 0 Å². The first kappa shape index (κ1) is 12.1. The molecular formula is C16H19ClO. The van der Waals surface area contributed by atoms with Gasteiger partial charge in [0.25, 0.3) is 0 Å². The number of hydrogen-bond acceptors (Lipinski definition) is 1. The van der Waals surface area contributed by atoms with Gasteiger partial charge in [-0.1, -0.05) is 37.8 Å². The quantitative estimate of drug-likeness (QED) is 0.677. The molecule has 1 fully saturated rings. The van der Waals surface area contributed by atoms with Crippen LogP contribution in [0.25, 0.3) is 11.0 Å². The fourth-order valence-electron chi connectivity index (χ4n) is 3.06. The minimum absolute atomic E-state index is 0.620. The molecule has 0 bridgehead atoms. The summed E-state index contributed by atoms with van der Waals surface area (Å²) in [5.41, 5.74) is 2.27. The van der Waals surface area contributed by atoms with Crippen molar-refractivity contribution in [2.45, 2.75) is 51.4 Å². The first-order valence-electron chi connectivity index (χ1n) is 7.00. The van der Waals surface area contributed by atoms with Gasteiger partial charge in [-0.05, 0) is 43.0 Å². The topological polar surface area (TPSA) is 13.1 Å². The van der Waals surface area contributed by atoms with E-state index in [0.29, 0.717) is 5.92 Å². The van der Waals surface area contributed by atoms with E-state index in [0.717, 1.165) is 17.0 Å². The maximum absolute atomic E-state index is 6.16. The first-order valence-corrected chi connectivity index (χ1v) is 7.37. The Bertz CT molecular complexity index is 549. The SMILES string of the molecule is CCc1cc(Cl)cc2cc(C3CCCCC3)oc12. The molecule has 0 amide bonds. The Kier molecular flexibility index (Phi) is 3.34. The third-order valence-corrected chi connectivity index (χ3v) is 4.28. The minimum Gasteiger partial charge on any atom is -0.460 e. The summed E-state index contributed by atoms with van der Waals surface area (Å²) in [7, 11) is 0. The van der Waals surface area contributed by atoms with Crippen LogP contribution in [0.1, 0.15) is 56.3 Å². The van der Waals surface area contributed by atoms with E-state index in [1.807, 2.05) is 12.1 Å². The van der Waals surface area contributed by atoms with Crippen LogP contribution < -0.4 is 0 Å². The van der Waals surface area contributed by atoms with E-state index in [1.165, 1.54) is 48.8 Å². The lowest BCUT2D eigenvalue weighted by Crippen LogP contribution is -2.02. The molecule has 0 spiro atoms. The zero-order valence-electron chi connectivity index (χ0n) is 10.8. The van der Waals surface area contributed by atoms with Crippen LogP contribution in [0.4, 0.5) is 0 Å². The summed E-state index contributed by atoms with van der Waals surface area (Å²) in [6.07, 6.45) is 7.56. The highest BCUT2D eigenvalue weighted by atomic mass is 35.5. The molecule has 0 saturated heterocycles. The molecule has 2 heteroatoms. The molecule has 1 aromatic carbocycles. The van der Waals surface area contributed by atoms with Crippen molar-refractivity contribution in [3.63, 3.8) is 0 Å². The average Bonchev–Trinajstić information content (AvgIpc) is 2.82. The molecule has 96 valence electrons. The van der Waals surface area contributed by atoms with E-state index < -0.39 is 0 Å². The van der Waals surface area contributed by atoms with Gasteiger partial charge in [-0.15, -0.1) is 0 Å². The number of fused-ring (bicyclic) bond motifs is 1. The number of furan rings is 1. The Morgan fingerprint density at radius 1 is 1.17 bits per heavy atom. The highest BCUT2D eigenvalue weighted by molar-refractivity contribution is 6.31. The maximum Gasteiger partial charge on any atom is 0.137 e. The van der Waals surface area contributed by atoms with E-state index in [4.69, 9.17) is 16.0 Å². The minimum atomic E-state index is 0.620. The maximum atomic E-state index is 6.16. The third-order valence-electron chi connectivity index (χ3n) is 4.07. The van der Waals surface area contributed by atoms with Crippen LogP contribution in [-0.4, -0.2) is 0 Å². The largest absolute Gasteiger partial charge is 0.460 e. The highest BCUT2D eigenvalue weighted by Gasteiger charge is 2.20. The summed E-state index contributed by atoms with van der Waals surface area (Å²) in [5.74, 6) is 1.79. The fraction of sp³-hybridized carbons (Fsp3) is 0.500. The normalized spacial score (nSPS) is 17.4. The highest BCUT2D eigenvalue weighted by Crippen LogP contribution is 2.37. The van der Waals surface area contributed by atoms with E-state index in [2.05, 4.69) is 13.0 Å². The van der Waals surface area contributed by atoms with Crippen molar-refractivity contribution >= 4 is 22.6 Å². The van der Waals surface area contributed by atoms with Gasteiger partial charge in [-0.2, -0.15) is 0 Å². The molecule has 0 radical (unpaired) electrons. The summed E-state index contributed by atoms with van der Waals surface area (Å²) >= 11 is 6.16. The zero-order chi connectivity index (χ0) is 12.5. The molecule has 3 rings (SSSR count). The van der Waals surface area contributed by atoms with Crippen molar-refractivity contribution < 1.29 is 4.42 Å². The lowest BCUT2D eigenvalue weighted by atomic mass is 9.87. The van der Waals surface area contributed by atoms with Crippen molar-refractivity contribution in [2.24, 2.45) is 0 Å². The van der Waals surface area contributed by atoms with Gasteiger partial charge in [0.1, 0.15) is 11.3 Å². The lowest BCUT2D eigenvalue weighted by Gasteiger charge is -2.18. The van der Waals surface area contributed by atoms with Crippen LogP contribution in [0, 0.1) is 0 Å². The van der Waals surface area contributed by atoms with Gasteiger partial charge >= 0.3 is 0 Å². The number of halogens is 1. The summed E-state index contributed by atoms with van der Waals surface area (Å²) in [6, 6.07) is 6.25. The molecule has 1 aliphatic rings. The van der Waals surface area contributed by atoms with Gasteiger partial charge in [0.05, 0.1) is 0 Å². The molecule has 1 saturated carbocycles. The molecule has 1 aromatic heterocycles. The number of hydrogen-bond donors (Lipinski definition) is 0. The number of rotatable bonds is 2. The van der Waals surface area contributed by atoms with Crippen molar-refractivity contribution in [2.75, 3.05) is 0 Å².